The number of carbonyl (C=O) groups is 1. The molecule has 4 N–H and O–H groups in total. The van der Waals surface area contributed by atoms with E-state index in [1.165, 1.54) is 12.1 Å². The van der Waals surface area contributed by atoms with Crippen LogP contribution < -0.4 is 16.6 Å². The number of amides is 1. The molecule has 0 radical (unpaired) electrons. The molecule has 1 saturated carbocycles. The van der Waals surface area contributed by atoms with Crippen LogP contribution in [0.25, 0.3) is 0 Å². The van der Waals surface area contributed by atoms with Crippen molar-refractivity contribution in [3.63, 3.8) is 0 Å². The van der Waals surface area contributed by atoms with E-state index in [4.69, 9.17) is 5.73 Å². The smallest absolute Gasteiger partial charge is 0.271 e. The van der Waals surface area contributed by atoms with Crippen molar-refractivity contribution in [2.75, 3.05) is 0 Å². The molecule has 2 rings (SSSR count). The second kappa shape index (κ2) is 5.09. The highest BCUT2D eigenvalue weighted by atomic mass is 16.2. The molecule has 17 heavy (non-hydrogen) atoms. The van der Waals surface area contributed by atoms with Crippen molar-refractivity contribution in [3.8, 4) is 0 Å². The van der Waals surface area contributed by atoms with E-state index >= 15 is 0 Å². The van der Waals surface area contributed by atoms with Gasteiger partial charge in [-0.3, -0.25) is 9.59 Å². The number of nitrogens with zero attached hydrogens (tertiary/aromatic N) is 1. The topological polar surface area (TPSA) is 101 Å². The van der Waals surface area contributed by atoms with Crippen molar-refractivity contribution < 1.29 is 4.79 Å². The highest BCUT2D eigenvalue weighted by Gasteiger charge is 2.24. The number of nitrogens with one attached hydrogen (secondary N) is 2. The van der Waals surface area contributed by atoms with Gasteiger partial charge in [0.2, 0.25) is 0 Å². The molecule has 0 bridgehead atoms. The highest BCUT2D eigenvalue weighted by molar-refractivity contribution is 5.92. The summed E-state index contributed by atoms with van der Waals surface area (Å²) in [5, 5.41) is 8.77. The number of H-pyrrole nitrogens is 1. The molecule has 0 aliphatic heterocycles. The number of aromatic amines is 1. The van der Waals surface area contributed by atoms with E-state index in [1.54, 1.807) is 0 Å². The molecule has 1 amide bonds. The van der Waals surface area contributed by atoms with Crippen LogP contribution in [0.15, 0.2) is 16.9 Å². The largest absolute Gasteiger partial charge is 0.346 e. The molecular weight excluding hydrogens is 220 g/mol. The van der Waals surface area contributed by atoms with Crippen molar-refractivity contribution in [2.24, 2.45) is 5.73 Å². The molecule has 6 nitrogen and oxygen atoms in total. The van der Waals surface area contributed by atoms with Crippen LogP contribution in [0.2, 0.25) is 0 Å². The Labute approximate surface area is 98.6 Å². The van der Waals surface area contributed by atoms with Crippen LogP contribution in [0.1, 0.15) is 36.2 Å². The van der Waals surface area contributed by atoms with Crippen molar-refractivity contribution in [2.45, 2.75) is 37.8 Å². The van der Waals surface area contributed by atoms with Gasteiger partial charge in [-0.25, -0.2) is 5.10 Å². The van der Waals surface area contributed by atoms with E-state index in [9.17, 15) is 9.59 Å². The van der Waals surface area contributed by atoms with Gasteiger partial charge in [-0.15, -0.1) is 0 Å². The molecule has 2 atom stereocenters. The van der Waals surface area contributed by atoms with Crippen LogP contribution >= 0.6 is 0 Å². The maximum atomic E-state index is 11.8. The Bertz CT molecular complexity index is 437. The third-order valence-electron chi connectivity index (χ3n) is 3.05. The highest BCUT2D eigenvalue weighted by Crippen LogP contribution is 2.16. The predicted molar refractivity (Wildman–Crippen MR) is 62.6 cm³/mol. The molecule has 1 aromatic rings. The Morgan fingerprint density at radius 2 is 2.18 bits per heavy atom. The van der Waals surface area contributed by atoms with Gasteiger partial charge < -0.3 is 11.1 Å². The summed E-state index contributed by atoms with van der Waals surface area (Å²) < 4.78 is 0. The average molecular weight is 236 g/mol. The zero-order valence-electron chi connectivity index (χ0n) is 9.48. The first-order valence-electron chi connectivity index (χ1n) is 5.79. The lowest BCUT2D eigenvalue weighted by molar-refractivity contribution is 0.0915. The van der Waals surface area contributed by atoms with Crippen molar-refractivity contribution in [1.82, 2.24) is 15.5 Å². The molecule has 6 heteroatoms. The van der Waals surface area contributed by atoms with E-state index < -0.39 is 0 Å². The summed E-state index contributed by atoms with van der Waals surface area (Å²) in [6, 6.07) is 2.70. The lowest BCUT2D eigenvalue weighted by Gasteiger charge is -2.29. The quantitative estimate of drug-likeness (QED) is 0.660. The van der Waals surface area contributed by atoms with Gasteiger partial charge in [-0.2, -0.15) is 5.10 Å². The number of hydrogen-bond donors (Lipinski definition) is 3. The van der Waals surface area contributed by atoms with Crippen LogP contribution in [0.4, 0.5) is 0 Å². The minimum atomic E-state index is -0.323. The molecule has 0 saturated heterocycles. The van der Waals surface area contributed by atoms with Crippen molar-refractivity contribution in [3.05, 3.63) is 28.2 Å². The van der Waals surface area contributed by atoms with Gasteiger partial charge in [0.05, 0.1) is 0 Å². The second-order valence-corrected chi connectivity index (χ2v) is 4.33. The first-order chi connectivity index (χ1) is 8.16. The summed E-state index contributed by atoms with van der Waals surface area (Å²) >= 11 is 0. The first kappa shape index (κ1) is 11.8. The van der Waals surface area contributed by atoms with E-state index in [2.05, 4.69) is 15.5 Å². The van der Waals surface area contributed by atoms with Crippen molar-refractivity contribution >= 4 is 5.91 Å². The number of rotatable bonds is 2. The average Bonchev–Trinajstić information content (AvgIpc) is 2.33. The van der Waals surface area contributed by atoms with Gasteiger partial charge in [-0.1, -0.05) is 12.8 Å². The van der Waals surface area contributed by atoms with E-state index in [1.807, 2.05) is 0 Å². The maximum Gasteiger partial charge on any atom is 0.271 e. The molecule has 1 aliphatic carbocycles. The van der Waals surface area contributed by atoms with Gasteiger partial charge in [0, 0.05) is 18.2 Å². The van der Waals surface area contributed by atoms with Crippen LogP contribution in [-0.4, -0.2) is 28.2 Å². The number of hydrogen-bond acceptors (Lipinski definition) is 4. The molecule has 0 unspecified atom stereocenters. The van der Waals surface area contributed by atoms with E-state index in [-0.39, 0.29) is 29.2 Å². The van der Waals surface area contributed by atoms with Gasteiger partial charge in [0.25, 0.3) is 11.5 Å². The third-order valence-corrected chi connectivity index (χ3v) is 3.05. The monoisotopic (exact) mass is 236 g/mol. The van der Waals surface area contributed by atoms with Gasteiger partial charge in [0.1, 0.15) is 5.69 Å². The summed E-state index contributed by atoms with van der Waals surface area (Å²) in [4.78, 5) is 22.6. The molecule has 1 aromatic heterocycles. The fourth-order valence-electron chi connectivity index (χ4n) is 2.05. The van der Waals surface area contributed by atoms with Crippen molar-refractivity contribution in [1.29, 1.82) is 0 Å². The predicted octanol–water partition coefficient (Wildman–Crippen LogP) is -0.230. The van der Waals surface area contributed by atoms with Crippen LogP contribution in [-0.2, 0) is 0 Å². The first-order valence-corrected chi connectivity index (χ1v) is 5.79. The van der Waals surface area contributed by atoms with Crippen LogP contribution in [0.3, 0.4) is 0 Å². The Hall–Kier alpha value is -1.69. The van der Waals surface area contributed by atoms with E-state index in [0.717, 1.165) is 25.7 Å². The number of nitrogens with two attached hydrogens (primary N) is 1. The van der Waals surface area contributed by atoms with Crippen LogP contribution in [0.5, 0.6) is 0 Å². The maximum absolute atomic E-state index is 11.8. The number of carbonyl (C=O) groups excluding carboxylic acids is 1. The number of aromatic nitrogens is 2. The molecule has 1 heterocycles. The minimum Gasteiger partial charge on any atom is -0.346 e. The van der Waals surface area contributed by atoms with Gasteiger partial charge in [-0.05, 0) is 18.9 Å². The zero-order valence-corrected chi connectivity index (χ0v) is 9.48. The van der Waals surface area contributed by atoms with Crippen LogP contribution in [0, 0.1) is 0 Å². The lowest BCUT2D eigenvalue weighted by Crippen LogP contribution is -2.49. The van der Waals surface area contributed by atoms with Gasteiger partial charge in [0.15, 0.2) is 0 Å². The normalized spacial score (nSPS) is 24.3. The zero-order chi connectivity index (χ0) is 12.3. The van der Waals surface area contributed by atoms with Gasteiger partial charge >= 0.3 is 0 Å². The third kappa shape index (κ3) is 2.91. The second-order valence-electron chi connectivity index (χ2n) is 4.33. The standard InChI is InChI=1S/C11H16N4O2/c12-7-3-1-2-4-8(7)13-11(17)9-5-6-10(16)15-14-9/h5-8H,1-4,12H2,(H,13,17)(H,15,16)/t7-,8-/m1/s1. The Morgan fingerprint density at radius 1 is 1.41 bits per heavy atom. The molecule has 0 spiro atoms. The summed E-state index contributed by atoms with van der Waals surface area (Å²) in [5.41, 5.74) is 5.82. The Morgan fingerprint density at radius 3 is 2.82 bits per heavy atom. The molecule has 1 aliphatic rings. The Balaban J connectivity index is 2.01. The lowest BCUT2D eigenvalue weighted by atomic mass is 9.91. The molecule has 0 aromatic carbocycles. The summed E-state index contributed by atoms with van der Waals surface area (Å²) in [5.74, 6) is -0.288. The van der Waals surface area contributed by atoms with E-state index in [0.29, 0.717) is 0 Å². The minimum absolute atomic E-state index is 0.00461. The fraction of sp³-hybridized carbons (Fsp3) is 0.545. The fourth-order valence-corrected chi connectivity index (χ4v) is 2.05. The summed E-state index contributed by atoms with van der Waals surface area (Å²) in [6.07, 6.45) is 4.03. The summed E-state index contributed by atoms with van der Waals surface area (Å²) in [7, 11) is 0. The Kier molecular flexibility index (Phi) is 3.53. The molecule has 92 valence electrons. The molecular formula is C11H16N4O2. The summed E-state index contributed by atoms with van der Waals surface area (Å²) in [6.45, 7) is 0. The molecule has 1 fully saturated rings. The SMILES string of the molecule is N[C@@H]1CCCC[C@H]1NC(=O)c1ccc(=O)[nH]n1.